The molecule has 1 heteroatoms. The third-order valence-corrected chi connectivity index (χ3v) is 9.67. The highest BCUT2D eigenvalue weighted by molar-refractivity contribution is 7.25. The lowest BCUT2D eigenvalue weighted by Crippen LogP contribution is -2.40. The van der Waals surface area contributed by atoms with Crippen molar-refractivity contribution in [3.8, 4) is 11.1 Å². The minimum atomic E-state index is -0.314. The molecule has 0 unspecified atom stereocenters. The largest absolute Gasteiger partial charge is 0.135 e. The molecule has 0 bridgehead atoms. The van der Waals surface area contributed by atoms with Crippen LogP contribution < -0.4 is 0 Å². The van der Waals surface area contributed by atoms with Crippen molar-refractivity contribution >= 4 is 31.5 Å². The Hall–Kier alpha value is -3.68. The zero-order valence-corrected chi connectivity index (χ0v) is 20.6. The van der Waals surface area contributed by atoms with Gasteiger partial charge >= 0.3 is 0 Å². The molecule has 35 heavy (non-hydrogen) atoms. The van der Waals surface area contributed by atoms with Crippen molar-refractivity contribution in [3.05, 3.63) is 143 Å². The van der Waals surface area contributed by atoms with E-state index in [-0.39, 0.29) is 10.8 Å². The lowest BCUT2D eigenvalue weighted by atomic mass is 9.55. The fraction of sp³-hybridized carbons (Fsp3) is 0.118. The van der Waals surface area contributed by atoms with Crippen LogP contribution in [-0.4, -0.2) is 0 Å². The molecule has 5 aromatic carbocycles. The first-order valence-electron chi connectivity index (χ1n) is 12.4. The molecule has 1 heterocycles. The first kappa shape index (κ1) is 19.6. The molecule has 2 aliphatic rings. The van der Waals surface area contributed by atoms with Crippen molar-refractivity contribution in [2.24, 2.45) is 0 Å². The van der Waals surface area contributed by atoms with Gasteiger partial charge in [-0.15, -0.1) is 11.3 Å². The normalized spacial score (nSPS) is 16.2. The predicted molar refractivity (Wildman–Crippen MR) is 149 cm³/mol. The van der Waals surface area contributed by atoms with E-state index in [4.69, 9.17) is 0 Å². The molecule has 2 aliphatic carbocycles. The van der Waals surface area contributed by atoms with Crippen molar-refractivity contribution in [1.29, 1.82) is 0 Å². The Labute approximate surface area is 209 Å². The van der Waals surface area contributed by atoms with Crippen LogP contribution >= 0.6 is 11.3 Å². The van der Waals surface area contributed by atoms with E-state index in [1.54, 1.807) is 0 Å². The first-order chi connectivity index (χ1) is 17.1. The van der Waals surface area contributed by atoms with Crippen LogP contribution in [-0.2, 0) is 10.8 Å². The predicted octanol–water partition coefficient (Wildman–Crippen LogP) is 9.06. The first-order valence-corrected chi connectivity index (χ1v) is 13.2. The summed E-state index contributed by atoms with van der Waals surface area (Å²) in [6, 6.07) is 41.1. The number of thiophene rings is 1. The number of fused-ring (bicyclic) bond motifs is 13. The van der Waals surface area contributed by atoms with Crippen molar-refractivity contribution in [2.75, 3.05) is 0 Å². The summed E-state index contributed by atoms with van der Waals surface area (Å²) in [7, 11) is 0. The maximum Gasteiger partial charge on any atom is 0.0719 e. The smallest absolute Gasteiger partial charge is 0.0719 e. The van der Waals surface area contributed by atoms with E-state index in [0.29, 0.717) is 0 Å². The van der Waals surface area contributed by atoms with E-state index in [0.717, 1.165) is 0 Å². The number of hydrogen-bond acceptors (Lipinski definition) is 1. The molecule has 0 aliphatic heterocycles. The fourth-order valence-corrected chi connectivity index (χ4v) is 8.34. The highest BCUT2D eigenvalue weighted by atomic mass is 32.1. The van der Waals surface area contributed by atoms with Gasteiger partial charge in [0.05, 0.1) is 5.41 Å². The summed E-state index contributed by atoms with van der Waals surface area (Å²) in [6.07, 6.45) is 0. The molecule has 1 spiro atoms. The van der Waals surface area contributed by atoms with Gasteiger partial charge in [0.2, 0.25) is 0 Å². The van der Waals surface area contributed by atoms with E-state index in [1.165, 1.54) is 64.7 Å². The standard InChI is InChI=1S/C34H24S/c1-33(2)26-16-8-9-17-27(26)34(24-14-6-3-11-21(24)22-12-4-7-15-25(22)34)28-19-20-30-31(32(28)33)23-13-5-10-18-29(23)35-30/h3-20H,1-2H3. The number of hydrogen-bond donors (Lipinski definition) is 0. The van der Waals surface area contributed by atoms with Crippen molar-refractivity contribution in [1.82, 2.24) is 0 Å². The van der Waals surface area contributed by atoms with Gasteiger partial charge in [-0.25, -0.2) is 0 Å². The van der Waals surface area contributed by atoms with E-state index < -0.39 is 0 Å². The molecule has 0 N–H and O–H groups in total. The van der Waals surface area contributed by atoms with E-state index >= 15 is 0 Å². The van der Waals surface area contributed by atoms with E-state index in [9.17, 15) is 0 Å². The molecule has 0 amide bonds. The monoisotopic (exact) mass is 464 g/mol. The molecule has 0 radical (unpaired) electrons. The van der Waals surface area contributed by atoms with Crippen LogP contribution in [0.2, 0.25) is 0 Å². The van der Waals surface area contributed by atoms with Crippen LogP contribution in [0.15, 0.2) is 109 Å². The molecule has 0 saturated heterocycles. The van der Waals surface area contributed by atoms with E-state index in [1.807, 2.05) is 11.3 Å². The Bertz CT molecular complexity index is 1790. The molecule has 0 atom stereocenters. The number of benzene rings is 5. The quantitative estimate of drug-likeness (QED) is 0.210. The van der Waals surface area contributed by atoms with Gasteiger partial charge in [-0.2, -0.15) is 0 Å². The summed E-state index contributed by atoms with van der Waals surface area (Å²) in [4.78, 5) is 0. The summed E-state index contributed by atoms with van der Waals surface area (Å²) in [5, 5.41) is 2.82. The zero-order chi connectivity index (χ0) is 23.4. The van der Waals surface area contributed by atoms with Crippen LogP contribution in [0.3, 0.4) is 0 Å². The third kappa shape index (κ3) is 2.19. The van der Waals surface area contributed by atoms with Gasteiger partial charge in [-0.3, -0.25) is 0 Å². The lowest BCUT2D eigenvalue weighted by molar-refractivity contribution is 0.569. The zero-order valence-electron chi connectivity index (χ0n) is 19.8. The minimum Gasteiger partial charge on any atom is -0.135 e. The van der Waals surface area contributed by atoms with E-state index in [2.05, 4.69) is 123 Å². The van der Waals surface area contributed by atoms with Crippen LogP contribution in [0.25, 0.3) is 31.3 Å². The van der Waals surface area contributed by atoms with Gasteiger partial charge in [0.15, 0.2) is 0 Å². The molecular weight excluding hydrogens is 440 g/mol. The molecule has 1 aromatic heterocycles. The molecule has 0 nitrogen and oxygen atoms in total. The Morgan fingerprint density at radius 1 is 0.486 bits per heavy atom. The molecule has 0 fully saturated rings. The highest BCUT2D eigenvalue weighted by Crippen LogP contribution is 2.63. The number of rotatable bonds is 0. The van der Waals surface area contributed by atoms with Gasteiger partial charge in [0.1, 0.15) is 0 Å². The van der Waals surface area contributed by atoms with Crippen LogP contribution in [0.4, 0.5) is 0 Å². The molecule has 6 aromatic rings. The molecule has 166 valence electrons. The van der Waals surface area contributed by atoms with Gasteiger partial charge in [0.25, 0.3) is 0 Å². The summed E-state index contributed by atoms with van der Waals surface area (Å²) < 4.78 is 2.75. The van der Waals surface area contributed by atoms with Gasteiger partial charge in [-0.1, -0.05) is 111 Å². The second-order valence-electron chi connectivity index (χ2n) is 10.5. The third-order valence-electron chi connectivity index (χ3n) is 8.53. The average Bonchev–Trinajstić information content (AvgIpc) is 3.42. The average molecular weight is 465 g/mol. The minimum absolute atomic E-state index is 0.118. The lowest BCUT2D eigenvalue weighted by Gasteiger charge is -2.47. The fourth-order valence-electron chi connectivity index (χ4n) is 7.23. The van der Waals surface area contributed by atoms with Gasteiger partial charge < -0.3 is 0 Å². The summed E-state index contributed by atoms with van der Waals surface area (Å²) in [5.41, 5.74) is 10.9. The second-order valence-corrected chi connectivity index (χ2v) is 11.6. The van der Waals surface area contributed by atoms with Crippen molar-refractivity contribution in [2.45, 2.75) is 24.7 Å². The highest BCUT2D eigenvalue weighted by Gasteiger charge is 2.53. The SMILES string of the molecule is CC1(C)c2ccccc2C2(c3ccccc3-c3ccccc32)c2ccc3sc4ccccc4c3c21. The topological polar surface area (TPSA) is 0 Å². The molecular formula is C34H24S. The Morgan fingerprint density at radius 2 is 1.06 bits per heavy atom. The summed E-state index contributed by atoms with van der Waals surface area (Å²) >= 11 is 1.92. The maximum absolute atomic E-state index is 2.45. The molecule has 8 rings (SSSR count). The maximum atomic E-state index is 2.45. The van der Waals surface area contributed by atoms with Gasteiger partial charge in [-0.05, 0) is 56.6 Å². The van der Waals surface area contributed by atoms with Crippen molar-refractivity contribution in [3.63, 3.8) is 0 Å². The van der Waals surface area contributed by atoms with Gasteiger partial charge in [0, 0.05) is 25.6 Å². The second kappa shape index (κ2) is 6.50. The molecule has 0 saturated carbocycles. The summed E-state index contributed by atoms with van der Waals surface area (Å²) in [5.74, 6) is 0. The van der Waals surface area contributed by atoms with Crippen LogP contribution in [0.1, 0.15) is 47.2 Å². The van der Waals surface area contributed by atoms with Crippen molar-refractivity contribution < 1.29 is 0 Å². The Morgan fingerprint density at radius 3 is 1.77 bits per heavy atom. The Balaban J connectivity index is 1.66. The Kier molecular flexibility index (Phi) is 3.64. The summed E-state index contributed by atoms with van der Waals surface area (Å²) in [6.45, 7) is 4.85. The van der Waals surface area contributed by atoms with Crippen LogP contribution in [0.5, 0.6) is 0 Å². The van der Waals surface area contributed by atoms with Crippen LogP contribution in [0, 0.1) is 0 Å².